The Bertz CT molecular complexity index is 933. The summed E-state index contributed by atoms with van der Waals surface area (Å²) in [7, 11) is 0. The molecule has 7 nitrogen and oxygen atoms in total. The summed E-state index contributed by atoms with van der Waals surface area (Å²) < 4.78 is 5.38. The number of nitro groups is 1. The fraction of sp³-hybridized carbons (Fsp3) is 0.0625. The summed E-state index contributed by atoms with van der Waals surface area (Å²) in [5.41, 5.74) is 6.70. The van der Waals surface area contributed by atoms with Crippen molar-refractivity contribution in [3.63, 3.8) is 0 Å². The van der Waals surface area contributed by atoms with Crippen LogP contribution < -0.4 is 10.5 Å². The molecule has 3 N–H and O–H groups in total. The Morgan fingerprint density at radius 1 is 1.33 bits per heavy atom. The first-order valence-electron chi connectivity index (χ1n) is 6.76. The van der Waals surface area contributed by atoms with E-state index in [0.29, 0.717) is 11.1 Å². The van der Waals surface area contributed by atoms with Gasteiger partial charge in [0.1, 0.15) is 28.2 Å². The van der Waals surface area contributed by atoms with Crippen molar-refractivity contribution in [2.45, 2.75) is 5.92 Å². The Morgan fingerprint density at radius 2 is 2.08 bits per heavy atom. The van der Waals surface area contributed by atoms with E-state index in [0.717, 1.165) is 0 Å². The second-order valence-corrected chi connectivity index (χ2v) is 5.52. The van der Waals surface area contributed by atoms with Crippen LogP contribution in [0.15, 0.2) is 47.9 Å². The van der Waals surface area contributed by atoms with E-state index in [2.05, 4.69) is 0 Å². The van der Waals surface area contributed by atoms with Crippen molar-refractivity contribution in [1.82, 2.24) is 0 Å². The number of benzene rings is 2. The SMILES string of the molecule is N#CC1=C(N)Oc2cc(O)ccc2[C@@H]1c1ccc(Cl)c([N+](=O)[O-])c1. The van der Waals surface area contributed by atoms with Crippen LogP contribution in [0.4, 0.5) is 5.69 Å². The molecule has 0 aromatic heterocycles. The van der Waals surface area contributed by atoms with Gasteiger partial charge in [0, 0.05) is 17.7 Å². The number of hydrogen-bond acceptors (Lipinski definition) is 6. The topological polar surface area (TPSA) is 122 Å². The van der Waals surface area contributed by atoms with Gasteiger partial charge in [0.2, 0.25) is 5.88 Å². The predicted molar refractivity (Wildman–Crippen MR) is 85.5 cm³/mol. The van der Waals surface area contributed by atoms with Crippen molar-refractivity contribution >= 4 is 17.3 Å². The maximum absolute atomic E-state index is 11.1. The molecule has 1 aliphatic rings. The first kappa shape index (κ1) is 15.6. The normalized spacial score (nSPS) is 16.1. The van der Waals surface area contributed by atoms with Crippen molar-refractivity contribution in [3.05, 3.63) is 74.1 Å². The molecule has 1 aliphatic heterocycles. The lowest BCUT2D eigenvalue weighted by Gasteiger charge is -2.26. The number of nitrogens with zero attached hydrogens (tertiary/aromatic N) is 2. The highest BCUT2D eigenvalue weighted by Gasteiger charge is 2.32. The van der Waals surface area contributed by atoms with Gasteiger partial charge in [-0.2, -0.15) is 5.26 Å². The predicted octanol–water partition coefficient (Wildman–Crippen LogP) is 3.17. The third kappa shape index (κ3) is 2.49. The molecule has 120 valence electrons. The summed E-state index contributed by atoms with van der Waals surface area (Å²) >= 11 is 5.85. The number of nitrogens with two attached hydrogens (primary N) is 1. The van der Waals surface area contributed by atoms with Crippen LogP contribution in [-0.2, 0) is 0 Å². The number of ether oxygens (including phenoxy) is 1. The molecule has 1 heterocycles. The van der Waals surface area contributed by atoms with Gasteiger partial charge in [-0.05, 0) is 17.7 Å². The molecule has 0 bridgehead atoms. The number of halogens is 1. The van der Waals surface area contributed by atoms with Crippen LogP contribution in [0.25, 0.3) is 0 Å². The Kier molecular flexibility index (Phi) is 3.75. The molecule has 0 amide bonds. The number of phenolic OH excluding ortho intramolecular Hbond substituents is 1. The first-order chi connectivity index (χ1) is 11.4. The van der Waals surface area contributed by atoms with Gasteiger partial charge < -0.3 is 15.6 Å². The van der Waals surface area contributed by atoms with E-state index in [4.69, 9.17) is 22.1 Å². The largest absolute Gasteiger partial charge is 0.508 e. The van der Waals surface area contributed by atoms with Gasteiger partial charge in [-0.3, -0.25) is 10.1 Å². The average Bonchev–Trinajstić information content (AvgIpc) is 2.53. The van der Waals surface area contributed by atoms with Crippen LogP contribution >= 0.6 is 11.6 Å². The quantitative estimate of drug-likeness (QED) is 0.637. The zero-order valence-electron chi connectivity index (χ0n) is 12.1. The highest BCUT2D eigenvalue weighted by atomic mass is 35.5. The Balaban J connectivity index is 2.24. The van der Waals surface area contributed by atoms with E-state index in [-0.39, 0.29) is 33.7 Å². The molecule has 0 radical (unpaired) electrons. The molecule has 0 fully saturated rings. The van der Waals surface area contributed by atoms with Crippen molar-refractivity contribution in [1.29, 1.82) is 5.26 Å². The number of rotatable bonds is 2. The van der Waals surface area contributed by atoms with Gasteiger partial charge in [-0.1, -0.05) is 23.7 Å². The van der Waals surface area contributed by atoms with Crippen molar-refractivity contribution < 1.29 is 14.8 Å². The minimum Gasteiger partial charge on any atom is -0.508 e. The van der Waals surface area contributed by atoms with Gasteiger partial charge in [-0.25, -0.2) is 0 Å². The monoisotopic (exact) mass is 343 g/mol. The summed E-state index contributed by atoms with van der Waals surface area (Å²) in [6.07, 6.45) is 0. The van der Waals surface area contributed by atoms with Gasteiger partial charge in [0.15, 0.2) is 0 Å². The second-order valence-electron chi connectivity index (χ2n) is 5.11. The van der Waals surface area contributed by atoms with E-state index < -0.39 is 10.8 Å². The van der Waals surface area contributed by atoms with Gasteiger partial charge in [0.25, 0.3) is 5.69 Å². The van der Waals surface area contributed by atoms with E-state index in [1.165, 1.54) is 24.3 Å². The third-order valence-electron chi connectivity index (χ3n) is 3.70. The number of nitro benzene ring substituents is 1. The van der Waals surface area contributed by atoms with Gasteiger partial charge in [0.05, 0.1) is 10.8 Å². The smallest absolute Gasteiger partial charge is 0.288 e. The number of fused-ring (bicyclic) bond motifs is 1. The number of nitriles is 1. The minimum atomic E-state index is -0.657. The van der Waals surface area contributed by atoms with E-state index in [1.54, 1.807) is 12.1 Å². The molecule has 1 atom stereocenters. The number of allylic oxidation sites excluding steroid dienone is 1. The standard InChI is InChI=1S/C16H10ClN3O4/c17-12-4-1-8(5-13(12)20(22)23)15-10-3-2-9(21)6-14(10)24-16(19)11(15)7-18/h1-6,15,21H,19H2/t15-/m0/s1. The Morgan fingerprint density at radius 3 is 2.75 bits per heavy atom. The molecule has 2 aromatic rings. The number of hydrogen-bond donors (Lipinski definition) is 2. The van der Waals surface area contributed by atoms with Gasteiger partial charge >= 0.3 is 0 Å². The number of aromatic hydroxyl groups is 1. The summed E-state index contributed by atoms with van der Waals surface area (Å²) in [6.45, 7) is 0. The molecule has 24 heavy (non-hydrogen) atoms. The molecule has 0 aliphatic carbocycles. The summed E-state index contributed by atoms with van der Waals surface area (Å²) in [5, 5.41) is 30.1. The molecule has 0 unspecified atom stereocenters. The summed E-state index contributed by atoms with van der Waals surface area (Å²) in [4.78, 5) is 10.5. The van der Waals surface area contributed by atoms with E-state index in [9.17, 15) is 20.5 Å². The molecule has 2 aromatic carbocycles. The highest BCUT2D eigenvalue weighted by molar-refractivity contribution is 6.32. The summed E-state index contributed by atoms with van der Waals surface area (Å²) in [5.74, 6) is -0.509. The van der Waals surface area contributed by atoms with Crippen LogP contribution in [0.5, 0.6) is 11.5 Å². The highest BCUT2D eigenvalue weighted by Crippen LogP contribution is 2.44. The van der Waals surface area contributed by atoms with Crippen LogP contribution in [0.1, 0.15) is 17.0 Å². The molecule has 3 rings (SSSR count). The van der Waals surface area contributed by atoms with Crippen LogP contribution in [0.2, 0.25) is 5.02 Å². The van der Waals surface area contributed by atoms with Crippen LogP contribution in [0, 0.1) is 21.4 Å². The van der Waals surface area contributed by atoms with Crippen LogP contribution in [0.3, 0.4) is 0 Å². The molecule has 0 saturated heterocycles. The lowest BCUT2D eigenvalue weighted by Crippen LogP contribution is -2.21. The number of phenols is 1. The molecular weight excluding hydrogens is 334 g/mol. The minimum absolute atomic E-state index is 0.00259. The van der Waals surface area contributed by atoms with Crippen molar-refractivity contribution in [3.8, 4) is 17.6 Å². The van der Waals surface area contributed by atoms with E-state index in [1.807, 2.05) is 6.07 Å². The lowest BCUT2D eigenvalue weighted by molar-refractivity contribution is -0.384. The average molecular weight is 344 g/mol. The van der Waals surface area contributed by atoms with Gasteiger partial charge in [-0.15, -0.1) is 0 Å². The van der Waals surface area contributed by atoms with E-state index >= 15 is 0 Å². The fourth-order valence-corrected chi connectivity index (χ4v) is 2.82. The zero-order valence-corrected chi connectivity index (χ0v) is 12.8. The maximum Gasteiger partial charge on any atom is 0.288 e. The Hall–Kier alpha value is -3.24. The first-order valence-corrected chi connectivity index (χ1v) is 7.14. The van der Waals surface area contributed by atoms with Crippen molar-refractivity contribution in [2.24, 2.45) is 5.73 Å². The van der Waals surface area contributed by atoms with Crippen LogP contribution in [-0.4, -0.2) is 10.0 Å². The lowest BCUT2D eigenvalue weighted by atomic mass is 9.83. The molecule has 8 heteroatoms. The third-order valence-corrected chi connectivity index (χ3v) is 4.02. The molecule has 0 spiro atoms. The zero-order chi connectivity index (χ0) is 17.4. The summed E-state index contributed by atoms with van der Waals surface area (Å²) in [6, 6.07) is 10.7. The second kappa shape index (κ2) is 5.76. The fourth-order valence-electron chi connectivity index (χ4n) is 2.64. The molecule has 0 saturated carbocycles. The maximum atomic E-state index is 11.1. The van der Waals surface area contributed by atoms with Crippen molar-refractivity contribution in [2.75, 3.05) is 0 Å². The molecular formula is C16H10ClN3O4. The Labute approximate surface area is 141 Å².